The Morgan fingerprint density at radius 1 is 1.17 bits per heavy atom. The molecule has 0 bridgehead atoms. The number of rotatable bonds is 2. The van der Waals surface area contributed by atoms with E-state index in [0.717, 1.165) is 6.42 Å². The van der Waals surface area contributed by atoms with Gasteiger partial charge in [0.2, 0.25) is 0 Å². The third-order valence-corrected chi connectivity index (χ3v) is 1.84. The smallest absolute Gasteiger partial charge is 0.312 e. The van der Waals surface area contributed by atoms with Gasteiger partial charge in [0.25, 0.3) is 0 Å². The Labute approximate surface area is 75.3 Å². The molecule has 0 radical (unpaired) electrons. The highest BCUT2D eigenvalue weighted by Crippen LogP contribution is 2.24. The van der Waals surface area contributed by atoms with Gasteiger partial charge in [-0.15, -0.1) is 0 Å². The summed E-state index contributed by atoms with van der Waals surface area (Å²) in [6.45, 7) is 11.5. The van der Waals surface area contributed by atoms with Gasteiger partial charge in [-0.3, -0.25) is 4.79 Å². The van der Waals surface area contributed by atoms with Crippen molar-refractivity contribution in [3.8, 4) is 0 Å². The molecule has 0 saturated carbocycles. The monoisotopic (exact) mass is 172 g/mol. The second-order valence-electron chi connectivity index (χ2n) is 4.74. The van der Waals surface area contributed by atoms with Crippen LogP contribution in [0.2, 0.25) is 0 Å². The second kappa shape index (κ2) is 3.46. The van der Waals surface area contributed by atoms with Crippen LogP contribution in [0.5, 0.6) is 0 Å². The van der Waals surface area contributed by atoms with Crippen LogP contribution in [0.3, 0.4) is 0 Å². The fraction of sp³-hybridized carbons (Fsp3) is 0.900. The Morgan fingerprint density at radius 2 is 1.58 bits per heavy atom. The van der Waals surface area contributed by atoms with E-state index in [2.05, 4.69) is 0 Å². The van der Waals surface area contributed by atoms with Crippen molar-refractivity contribution in [2.24, 2.45) is 5.41 Å². The molecule has 0 N–H and O–H groups in total. The molecule has 0 aliphatic rings. The topological polar surface area (TPSA) is 26.3 Å². The Morgan fingerprint density at radius 3 is 1.83 bits per heavy atom. The van der Waals surface area contributed by atoms with E-state index < -0.39 is 0 Å². The lowest BCUT2D eigenvalue weighted by molar-refractivity contribution is -0.165. The largest absolute Gasteiger partial charge is 0.460 e. The first-order valence-corrected chi connectivity index (χ1v) is 4.42. The van der Waals surface area contributed by atoms with E-state index in [1.165, 1.54) is 0 Å². The number of hydrogen-bond donors (Lipinski definition) is 0. The normalized spacial score (nSPS) is 12.8. The van der Waals surface area contributed by atoms with Gasteiger partial charge in [-0.25, -0.2) is 0 Å². The molecular formula is C10H20O2. The lowest BCUT2D eigenvalue weighted by Crippen LogP contribution is -2.33. The number of carbonyl (C=O) groups is 1. The first-order chi connectivity index (χ1) is 5.19. The average Bonchev–Trinajstić information content (AvgIpc) is 1.84. The van der Waals surface area contributed by atoms with Crippen molar-refractivity contribution in [1.82, 2.24) is 0 Å². The zero-order chi connectivity index (χ0) is 9.99. The van der Waals surface area contributed by atoms with E-state index in [4.69, 9.17) is 4.74 Å². The zero-order valence-electron chi connectivity index (χ0n) is 9.02. The predicted octanol–water partition coefficient (Wildman–Crippen LogP) is 2.76. The molecule has 0 aromatic carbocycles. The molecule has 0 saturated heterocycles. The minimum atomic E-state index is -0.372. The Balaban J connectivity index is 4.23. The van der Waals surface area contributed by atoms with Crippen LogP contribution in [-0.2, 0) is 9.53 Å². The minimum absolute atomic E-state index is 0.113. The molecular weight excluding hydrogens is 152 g/mol. The highest BCUT2D eigenvalue weighted by Gasteiger charge is 2.30. The Kier molecular flexibility index (Phi) is 3.31. The van der Waals surface area contributed by atoms with Crippen molar-refractivity contribution in [3.05, 3.63) is 0 Å². The van der Waals surface area contributed by atoms with Crippen molar-refractivity contribution in [3.63, 3.8) is 0 Å². The summed E-state index contributed by atoms with van der Waals surface area (Å²) in [6, 6.07) is 0. The van der Waals surface area contributed by atoms with Crippen molar-refractivity contribution in [2.75, 3.05) is 0 Å². The van der Waals surface area contributed by atoms with E-state index >= 15 is 0 Å². The molecule has 0 aliphatic carbocycles. The van der Waals surface area contributed by atoms with Crippen molar-refractivity contribution >= 4 is 5.97 Å². The summed E-state index contributed by atoms with van der Waals surface area (Å²) in [4.78, 5) is 11.5. The minimum Gasteiger partial charge on any atom is -0.460 e. The van der Waals surface area contributed by atoms with Crippen LogP contribution in [0, 0.1) is 5.41 Å². The van der Waals surface area contributed by atoms with Crippen LogP contribution in [0.15, 0.2) is 0 Å². The van der Waals surface area contributed by atoms with Crippen LogP contribution in [0.25, 0.3) is 0 Å². The maximum atomic E-state index is 11.5. The second-order valence-corrected chi connectivity index (χ2v) is 4.74. The first kappa shape index (κ1) is 11.5. The molecule has 0 fully saturated rings. The SMILES string of the molecule is CCC(C)(C)C(=O)OC(C)(C)C. The lowest BCUT2D eigenvalue weighted by atomic mass is 9.90. The van der Waals surface area contributed by atoms with Gasteiger partial charge in [-0.05, 0) is 41.0 Å². The van der Waals surface area contributed by atoms with Gasteiger partial charge >= 0.3 is 5.97 Å². The van der Waals surface area contributed by atoms with Gasteiger partial charge in [-0.1, -0.05) is 6.92 Å². The number of carbonyl (C=O) groups excluding carboxylic acids is 1. The molecule has 12 heavy (non-hydrogen) atoms. The molecule has 0 unspecified atom stereocenters. The van der Waals surface area contributed by atoms with E-state index in [-0.39, 0.29) is 17.0 Å². The molecule has 72 valence electrons. The molecule has 0 rings (SSSR count). The first-order valence-electron chi connectivity index (χ1n) is 4.42. The predicted molar refractivity (Wildman–Crippen MR) is 49.9 cm³/mol. The maximum absolute atomic E-state index is 11.5. The summed E-state index contributed by atoms with van der Waals surface area (Å²) in [5, 5.41) is 0. The number of hydrogen-bond acceptors (Lipinski definition) is 2. The summed E-state index contributed by atoms with van der Waals surface area (Å²) < 4.78 is 5.25. The van der Waals surface area contributed by atoms with Gasteiger partial charge < -0.3 is 4.74 Å². The molecule has 2 nitrogen and oxygen atoms in total. The van der Waals surface area contributed by atoms with Gasteiger partial charge in [0.05, 0.1) is 5.41 Å². The van der Waals surface area contributed by atoms with E-state index in [9.17, 15) is 4.79 Å². The van der Waals surface area contributed by atoms with Gasteiger partial charge in [0.15, 0.2) is 0 Å². The van der Waals surface area contributed by atoms with Gasteiger partial charge in [0.1, 0.15) is 5.60 Å². The average molecular weight is 172 g/mol. The third-order valence-electron chi connectivity index (χ3n) is 1.84. The molecule has 0 heterocycles. The van der Waals surface area contributed by atoms with Crippen LogP contribution in [0.4, 0.5) is 0 Å². The molecule has 0 amide bonds. The van der Waals surface area contributed by atoms with Gasteiger partial charge in [-0.2, -0.15) is 0 Å². The molecule has 0 aromatic rings. The molecule has 0 aromatic heterocycles. The highest BCUT2D eigenvalue weighted by atomic mass is 16.6. The van der Waals surface area contributed by atoms with E-state index in [1.807, 2.05) is 41.5 Å². The van der Waals surface area contributed by atoms with Crippen LogP contribution < -0.4 is 0 Å². The van der Waals surface area contributed by atoms with Crippen LogP contribution >= 0.6 is 0 Å². The molecule has 0 atom stereocenters. The number of esters is 1. The zero-order valence-corrected chi connectivity index (χ0v) is 9.02. The van der Waals surface area contributed by atoms with E-state index in [1.54, 1.807) is 0 Å². The summed E-state index contributed by atoms with van der Waals surface area (Å²) in [5.74, 6) is -0.113. The van der Waals surface area contributed by atoms with E-state index in [0.29, 0.717) is 0 Å². The molecule has 0 aliphatic heterocycles. The van der Waals surface area contributed by atoms with Crippen molar-refractivity contribution < 1.29 is 9.53 Å². The quantitative estimate of drug-likeness (QED) is 0.599. The lowest BCUT2D eigenvalue weighted by Gasteiger charge is -2.27. The maximum Gasteiger partial charge on any atom is 0.312 e. The van der Waals surface area contributed by atoms with Gasteiger partial charge in [0, 0.05) is 0 Å². The van der Waals surface area contributed by atoms with Crippen LogP contribution in [0.1, 0.15) is 48.0 Å². The highest BCUT2D eigenvalue weighted by molar-refractivity contribution is 5.76. The van der Waals surface area contributed by atoms with Crippen molar-refractivity contribution in [1.29, 1.82) is 0 Å². The fourth-order valence-electron chi connectivity index (χ4n) is 0.561. The summed E-state index contributed by atoms with van der Waals surface area (Å²) in [7, 11) is 0. The van der Waals surface area contributed by atoms with Crippen LogP contribution in [-0.4, -0.2) is 11.6 Å². The number of ether oxygens (including phenoxy) is 1. The standard InChI is InChI=1S/C10H20O2/c1-7-10(5,6)8(11)12-9(2,3)4/h7H2,1-6H3. The molecule has 2 heteroatoms. The third kappa shape index (κ3) is 3.74. The summed E-state index contributed by atoms with van der Waals surface area (Å²) in [6.07, 6.45) is 0.807. The Bertz CT molecular complexity index is 163. The Hall–Kier alpha value is -0.530. The fourth-order valence-corrected chi connectivity index (χ4v) is 0.561. The molecule has 0 spiro atoms. The van der Waals surface area contributed by atoms with Crippen molar-refractivity contribution in [2.45, 2.75) is 53.6 Å². The summed E-state index contributed by atoms with van der Waals surface area (Å²) in [5.41, 5.74) is -0.725. The summed E-state index contributed by atoms with van der Waals surface area (Å²) >= 11 is 0.